The number of hydrogen-bond donors (Lipinski definition) is 1. The van der Waals surface area contributed by atoms with Crippen LogP contribution < -0.4 is 51.4 Å². The second kappa shape index (κ2) is 8.76. The summed E-state index contributed by atoms with van der Waals surface area (Å²) in [6, 6.07) is 6.30. The molecule has 0 fully saturated rings. The van der Waals surface area contributed by atoms with Crippen LogP contribution in [-0.2, 0) is 0 Å². The first kappa shape index (κ1) is 16.7. The summed E-state index contributed by atoms with van der Waals surface area (Å²) < 4.78 is 0. The van der Waals surface area contributed by atoms with Gasteiger partial charge in [-0.3, -0.25) is 5.01 Å². The largest absolute Gasteiger partial charge is 1.00 e. The Morgan fingerprint density at radius 2 is 1.76 bits per heavy atom. The minimum Gasteiger partial charge on any atom is -0.478 e. The van der Waals surface area contributed by atoms with Gasteiger partial charge < -0.3 is 5.11 Å². The van der Waals surface area contributed by atoms with Crippen LogP contribution in [0.1, 0.15) is 24.2 Å². The third kappa shape index (κ3) is 5.74. The molecule has 0 aromatic heterocycles. The Morgan fingerprint density at radius 1 is 1.24 bits per heavy atom. The molecule has 0 amide bonds. The maximum Gasteiger partial charge on any atom is 1.00 e. The number of hydrogen-bond acceptors (Lipinski definition) is 3. The van der Waals surface area contributed by atoms with E-state index in [9.17, 15) is 4.79 Å². The van der Waals surface area contributed by atoms with Gasteiger partial charge in [0.05, 0.1) is 11.3 Å². The van der Waals surface area contributed by atoms with E-state index >= 15 is 0 Å². The second-order valence-corrected chi connectivity index (χ2v) is 3.18. The molecule has 86 valence electrons. The molecular formula is C11H15KN3O2+. The van der Waals surface area contributed by atoms with E-state index in [0.717, 1.165) is 13.1 Å². The fourth-order valence-corrected chi connectivity index (χ4v) is 1.14. The number of benzene rings is 1. The number of carboxylic acids is 1. The third-order valence-electron chi connectivity index (χ3n) is 2.13. The van der Waals surface area contributed by atoms with Crippen molar-refractivity contribution in [2.45, 2.75) is 13.8 Å². The molecule has 0 aliphatic carbocycles. The van der Waals surface area contributed by atoms with Crippen molar-refractivity contribution in [2.24, 2.45) is 10.3 Å². The topological polar surface area (TPSA) is 65.3 Å². The molecule has 0 saturated heterocycles. The first-order valence-electron chi connectivity index (χ1n) is 5.17. The van der Waals surface area contributed by atoms with Crippen LogP contribution in [0.15, 0.2) is 34.6 Å². The standard InChI is InChI=1S/C11H15N3O2.K/c1-3-14(4-2)13-12-10-7-5-9(6-8-10)11(15)16;/h5-8H,3-4H2,1-2H3,(H,15,16);/q;+1. The van der Waals surface area contributed by atoms with Crippen molar-refractivity contribution in [3.8, 4) is 0 Å². The summed E-state index contributed by atoms with van der Waals surface area (Å²) in [6.07, 6.45) is 0. The maximum absolute atomic E-state index is 10.6. The molecule has 0 aliphatic heterocycles. The zero-order valence-electron chi connectivity index (χ0n) is 10.4. The van der Waals surface area contributed by atoms with Gasteiger partial charge in [-0.25, -0.2) is 4.79 Å². The first-order chi connectivity index (χ1) is 7.67. The van der Waals surface area contributed by atoms with Crippen molar-refractivity contribution >= 4 is 11.7 Å². The molecule has 0 atom stereocenters. The summed E-state index contributed by atoms with van der Waals surface area (Å²) in [7, 11) is 0. The molecule has 0 bridgehead atoms. The molecule has 1 N–H and O–H groups in total. The molecule has 17 heavy (non-hydrogen) atoms. The smallest absolute Gasteiger partial charge is 0.478 e. The van der Waals surface area contributed by atoms with Crippen LogP contribution in [0.25, 0.3) is 0 Å². The van der Waals surface area contributed by atoms with Crippen LogP contribution in [-0.4, -0.2) is 29.2 Å². The maximum atomic E-state index is 10.6. The summed E-state index contributed by atoms with van der Waals surface area (Å²) in [5.74, 6) is -0.938. The Balaban J connectivity index is 0.00000256. The molecule has 6 heteroatoms. The molecule has 5 nitrogen and oxygen atoms in total. The van der Waals surface area contributed by atoms with Crippen molar-refractivity contribution in [2.75, 3.05) is 13.1 Å². The normalized spacial score (nSPS) is 10.0. The van der Waals surface area contributed by atoms with Gasteiger partial charge in [-0.2, -0.15) is 0 Å². The number of carboxylic acid groups (broad SMARTS) is 1. The van der Waals surface area contributed by atoms with Crippen LogP contribution in [0, 0.1) is 0 Å². The minimum atomic E-state index is -0.938. The number of carbonyl (C=O) groups is 1. The fourth-order valence-electron chi connectivity index (χ4n) is 1.14. The predicted octanol–water partition coefficient (Wildman–Crippen LogP) is -0.271. The fraction of sp³-hybridized carbons (Fsp3) is 0.364. The molecule has 0 heterocycles. The van der Waals surface area contributed by atoms with Crippen LogP contribution in [0.2, 0.25) is 0 Å². The van der Waals surface area contributed by atoms with E-state index in [4.69, 9.17) is 5.11 Å². The van der Waals surface area contributed by atoms with Crippen molar-refractivity contribution in [1.29, 1.82) is 0 Å². The molecule has 0 saturated carbocycles. The zero-order chi connectivity index (χ0) is 12.0. The van der Waals surface area contributed by atoms with E-state index in [-0.39, 0.29) is 56.9 Å². The van der Waals surface area contributed by atoms with Gasteiger partial charge in [0.2, 0.25) is 0 Å². The monoisotopic (exact) mass is 260 g/mol. The van der Waals surface area contributed by atoms with Crippen molar-refractivity contribution in [3.05, 3.63) is 29.8 Å². The van der Waals surface area contributed by atoms with Crippen molar-refractivity contribution in [3.63, 3.8) is 0 Å². The van der Waals surface area contributed by atoms with Crippen LogP contribution >= 0.6 is 0 Å². The Kier molecular flexibility index (Phi) is 8.62. The zero-order valence-corrected chi connectivity index (χ0v) is 13.5. The molecular weight excluding hydrogens is 245 g/mol. The quantitative estimate of drug-likeness (QED) is 0.450. The van der Waals surface area contributed by atoms with Gasteiger partial charge in [-0.05, 0) is 38.1 Å². The van der Waals surface area contributed by atoms with Gasteiger partial charge in [0.1, 0.15) is 0 Å². The average molecular weight is 260 g/mol. The SMILES string of the molecule is CCN(CC)N=Nc1ccc(C(=O)O)cc1.[K+]. The van der Waals surface area contributed by atoms with E-state index in [1.54, 1.807) is 12.1 Å². The Labute approximate surface area is 143 Å². The molecule has 1 aromatic rings. The van der Waals surface area contributed by atoms with Gasteiger partial charge in [-0.1, -0.05) is 5.22 Å². The third-order valence-corrected chi connectivity index (χ3v) is 2.13. The van der Waals surface area contributed by atoms with Gasteiger partial charge >= 0.3 is 57.4 Å². The van der Waals surface area contributed by atoms with Crippen LogP contribution in [0.3, 0.4) is 0 Å². The minimum absolute atomic E-state index is 0. The first-order valence-corrected chi connectivity index (χ1v) is 5.17. The number of nitrogens with zero attached hydrogens (tertiary/aromatic N) is 3. The summed E-state index contributed by atoms with van der Waals surface area (Å²) in [5, 5.41) is 18.5. The Bertz CT molecular complexity index is 375. The van der Waals surface area contributed by atoms with Crippen molar-refractivity contribution < 1.29 is 61.3 Å². The average Bonchev–Trinajstić information content (AvgIpc) is 2.31. The molecule has 0 unspecified atom stereocenters. The molecule has 0 radical (unpaired) electrons. The van der Waals surface area contributed by atoms with Crippen LogP contribution in [0.4, 0.5) is 5.69 Å². The summed E-state index contributed by atoms with van der Waals surface area (Å²) >= 11 is 0. The van der Waals surface area contributed by atoms with Gasteiger partial charge in [-0.15, -0.1) is 5.11 Å². The molecule has 0 spiro atoms. The number of aromatic carboxylic acids is 1. The Morgan fingerprint density at radius 3 is 2.18 bits per heavy atom. The second-order valence-electron chi connectivity index (χ2n) is 3.18. The number of rotatable bonds is 5. The summed E-state index contributed by atoms with van der Waals surface area (Å²) in [6.45, 7) is 5.59. The van der Waals surface area contributed by atoms with Gasteiger partial charge in [0.25, 0.3) is 0 Å². The van der Waals surface area contributed by atoms with Crippen molar-refractivity contribution in [1.82, 2.24) is 5.01 Å². The summed E-state index contributed by atoms with van der Waals surface area (Å²) in [5.41, 5.74) is 0.902. The molecule has 1 aromatic carbocycles. The van der Waals surface area contributed by atoms with Gasteiger partial charge in [0.15, 0.2) is 0 Å². The van der Waals surface area contributed by atoms with Gasteiger partial charge in [0, 0.05) is 13.1 Å². The van der Waals surface area contributed by atoms with E-state index in [2.05, 4.69) is 10.3 Å². The van der Waals surface area contributed by atoms with E-state index in [1.807, 2.05) is 18.9 Å². The summed E-state index contributed by atoms with van der Waals surface area (Å²) in [4.78, 5) is 10.6. The van der Waals surface area contributed by atoms with E-state index in [0.29, 0.717) is 5.69 Å². The molecule has 0 aliphatic rings. The molecule has 1 rings (SSSR count). The van der Waals surface area contributed by atoms with E-state index in [1.165, 1.54) is 12.1 Å². The van der Waals surface area contributed by atoms with Crippen LogP contribution in [0.5, 0.6) is 0 Å². The Hall–Kier alpha value is -0.274. The van der Waals surface area contributed by atoms with E-state index < -0.39 is 5.97 Å². The predicted molar refractivity (Wildman–Crippen MR) is 60.8 cm³/mol.